The van der Waals surface area contributed by atoms with E-state index in [0.717, 1.165) is 57.2 Å². The Hall–Kier alpha value is -2.35. The lowest BCUT2D eigenvalue weighted by atomic mass is 9.88. The van der Waals surface area contributed by atoms with Crippen molar-refractivity contribution in [1.29, 1.82) is 0 Å². The third-order valence-corrected chi connectivity index (χ3v) is 6.99. The van der Waals surface area contributed by atoms with Crippen LogP contribution in [0.4, 0.5) is 11.5 Å². The van der Waals surface area contributed by atoms with Crippen molar-refractivity contribution in [3.63, 3.8) is 0 Å². The highest BCUT2D eigenvalue weighted by atomic mass is 127. The van der Waals surface area contributed by atoms with Crippen LogP contribution in [-0.4, -0.2) is 30.6 Å². The summed E-state index contributed by atoms with van der Waals surface area (Å²) in [6.45, 7) is 0. The molecule has 5 nitrogen and oxygen atoms in total. The Bertz CT molecular complexity index is 1080. The van der Waals surface area contributed by atoms with Crippen molar-refractivity contribution in [3.05, 3.63) is 63.7 Å². The van der Waals surface area contributed by atoms with Crippen LogP contribution in [0.3, 0.4) is 0 Å². The molecule has 1 amide bonds. The van der Waals surface area contributed by atoms with Crippen molar-refractivity contribution < 1.29 is 4.79 Å². The van der Waals surface area contributed by atoms with Crippen molar-refractivity contribution >= 4 is 50.9 Å². The molecular weight excluding hydrogens is 499 g/mol. The first kappa shape index (κ1) is 21.9. The molecular formula is C25H29IN4O. The average molecular weight is 528 g/mol. The number of benzene rings is 2. The van der Waals surface area contributed by atoms with Crippen molar-refractivity contribution in [2.24, 2.45) is 0 Å². The SMILES string of the molecule is CN(C)c1cc(NC2(NC(=O)Cc3ccccc3I)CCCCC2)nc2ccccc12. The van der Waals surface area contributed by atoms with Gasteiger partial charge in [-0.15, -0.1) is 0 Å². The summed E-state index contributed by atoms with van der Waals surface area (Å²) in [6.07, 6.45) is 5.56. The molecule has 1 aliphatic rings. The fourth-order valence-electron chi connectivity index (χ4n) is 4.40. The number of carbonyl (C=O) groups is 1. The summed E-state index contributed by atoms with van der Waals surface area (Å²) >= 11 is 2.29. The number of rotatable bonds is 6. The van der Waals surface area contributed by atoms with Gasteiger partial charge in [0, 0.05) is 34.8 Å². The van der Waals surface area contributed by atoms with E-state index in [1.807, 2.05) is 56.6 Å². The minimum absolute atomic E-state index is 0.0483. The van der Waals surface area contributed by atoms with Gasteiger partial charge in [0.1, 0.15) is 11.5 Å². The number of pyridine rings is 1. The molecule has 3 aromatic rings. The lowest BCUT2D eigenvalue weighted by molar-refractivity contribution is -0.122. The lowest BCUT2D eigenvalue weighted by Crippen LogP contribution is -2.56. The summed E-state index contributed by atoms with van der Waals surface area (Å²) in [4.78, 5) is 20.0. The quantitative estimate of drug-likeness (QED) is 0.335. The van der Waals surface area contributed by atoms with Gasteiger partial charge in [-0.3, -0.25) is 4.79 Å². The van der Waals surface area contributed by atoms with Crippen LogP contribution in [0.2, 0.25) is 0 Å². The summed E-state index contributed by atoms with van der Waals surface area (Å²) in [5, 5.41) is 8.11. The molecule has 0 radical (unpaired) electrons. The van der Waals surface area contributed by atoms with Gasteiger partial charge in [-0.1, -0.05) is 42.8 Å². The molecule has 31 heavy (non-hydrogen) atoms. The third kappa shape index (κ3) is 5.11. The zero-order chi connectivity index (χ0) is 21.8. The lowest BCUT2D eigenvalue weighted by Gasteiger charge is -2.39. The molecule has 0 unspecified atom stereocenters. The van der Waals surface area contributed by atoms with Crippen LogP contribution < -0.4 is 15.5 Å². The third-order valence-electron chi connectivity index (χ3n) is 5.94. The second-order valence-electron chi connectivity index (χ2n) is 8.52. The molecule has 6 heteroatoms. The van der Waals surface area contributed by atoms with Crippen LogP contribution in [0, 0.1) is 3.57 Å². The van der Waals surface area contributed by atoms with E-state index in [1.165, 1.54) is 6.42 Å². The molecule has 1 heterocycles. The Kier molecular flexibility index (Phi) is 6.65. The first-order valence-corrected chi connectivity index (χ1v) is 11.9. The molecule has 0 aliphatic heterocycles. The number of hydrogen-bond donors (Lipinski definition) is 2. The Morgan fingerprint density at radius 2 is 1.77 bits per heavy atom. The topological polar surface area (TPSA) is 57.3 Å². The molecule has 2 N–H and O–H groups in total. The smallest absolute Gasteiger partial charge is 0.226 e. The largest absolute Gasteiger partial charge is 0.377 e. The van der Waals surface area contributed by atoms with E-state index in [1.54, 1.807) is 0 Å². The van der Waals surface area contributed by atoms with Crippen LogP contribution in [0.1, 0.15) is 37.7 Å². The van der Waals surface area contributed by atoms with E-state index >= 15 is 0 Å². The minimum atomic E-state index is -0.464. The van der Waals surface area contributed by atoms with Crippen molar-refractivity contribution in [2.75, 3.05) is 24.3 Å². The number of carbonyl (C=O) groups excluding carboxylic acids is 1. The molecule has 1 aromatic heterocycles. The molecule has 4 rings (SSSR count). The van der Waals surface area contributed by atoms with Crippen molar-refractivity contribution in [2.45, 2.75) is 44.2 Å². The Morgan fingerprint density at radius 3 is 2.52 bits per heavy atom. The number of amides is 1. The second kappa shape index (κ2) is 9.42. The number of nitrogens with one attached hydrogen (secondary N) is 2. The number of anilines is 2. The molecule has 1 saturated carbocycles. The molecule has 0 atom stereocenters. The highest BCUT2D eigenvalue weighted by Gasteiger charge is 2.34. The summed E-state index contributed by atoms with van der Waals surface area (Å²) in [7, 11) is 4.09. The molecule has 2 aromatic carbocycles. The predicted molar refractivity (Wildman–Crippen MR) is 137 cm³/mol. The summed E-state index contributed by atoms with van der Waals surface area (Å²) in [5.41, 5.74) is 2.66. The van der Waals surface area contributed by atoms with Crippen LogP contribution in [0.5, 0.6) is 0 Å². The predicted octanol–water partition coefficient (Wildman–Crippen LogP) is 5.34. The standard InChI is InChI=1S/C25H29IN4O/c1-30(2)22-17-23(27-21-13-7-5-11-19(21)22)28-25(14-8-3-9-15-25)29-24(31)16-18-10-4-6-12-20(18)26/h4-7,10-13,17H,3,8-9,14-16H2,1-2H3,(H,27,28)(H,29,31). The van der Waals surface area contributed by atoms with E-state index in [9.17, 15) is 4.79 Å². The summed E-state index contributed by atoms with van der Waals surface area (Å²) in [6, 6.07) is 18.3. The zero-order valence-corrected chi connectivity index (χ0v) is 20.3. The number of para-hydroxylation sites is 1. The number of halogens is 1. The van der Waals surface area contributed by atoms with E-state index in [4.69, 9.17) is 4.98 Å². The molecule has 162 valence electrons. The van der Waals surface area contributed by atoms with Crippen LogP contribution in [0.25, 0.3) is 10.9 Å². The summed E-state index contributed by atoms with van der Waals surface area (Å²) in [5.74, 6) is 0.853. The van der Waals surface area contributed by atoms with Gasteiger partial charge in [0.2, 0.25) is 5.91 Å². The first-order valence-electron chi connectivity index (χ1n) is 10.9. The fraction of sp³-hybridized carbons (Fsp3) is 0.360. The Balaban J connectivity index is 1.61. The molecule has 0 spiro atoms. The van der Waals surface area contributed by atoms with Crippen molar-refractivity contribution in [3.8, 4) is 0 Å². The summed E-state index contributed by atoms with van der Waals surface area (Å²) < 4.78 is 1.12. The average Bonchev–Trinajstić information content (AvgIpc) is 2.75. The first-order chi connectivity index (χ1) is 15.0. The van der Waals surface area contributed by atoms with Gasteiger partial charge in [-0.2, -0.15) is 0 Å². The number of fused-ring (bicyclic) bond motifs is 1. The maximum atomic E-state index is 13.0. The fourth-order valence-corrected chi connectivity index (χ4v) is 4.98. The normalized spacial score (nSPS) is 15.5. The van der Waals surface area contributed by atoms with Gasteiger partial charge in [-0.05, 0) is 66.0 Å². The van der Waals surface area contributed by atoms with E-state index in [0.29, 0.717) is 6.42 Å². The Labute approximate surface area is 197 Å². The number of aromatic nitrogens is 1. The highest BCUT2D eigenvalue weighted by molar-refractivity contribution is 14.1. The monoisotopic (exact) mass is 528 g/mol. The van der Waals surface area contributed by atoms with Gasteiger partial charge in [-0.25, -0.2) is 4.98 Å². The molecule has 0 bridgehead atoms. The van der Waals surface area contributed by atoms with Crippen LogP contribution >= 0.6 is 22.6 Å². The van der Waals surface area contributed by atoms with Crippen LogP contribution in [-0.2, 0) is 11.2 Å². The van der Waals surface area contributed by atoms with Gasteiger partial charge >= 0.3 is 0 Å². The van der Waals surface area contributed by atoms with Gasteiger partial charge < -0.3 is 15.5 Å². The maximum Gasteiger partial charge on any atom is 0.226 e. The van der Waals surface area contributed by atoms with Gasteiger partial charge in [0.25, 0.3) is 0 Å². The zero-order valence-electron chi connectivity index (χ0n) is 18.1. The molecule has 1 aliphatic carbocycles. The molecule has 0 saturated heterocycles. The van der Waals surface area contributed by atoms with Crippen LogP contribution in [0.15, 0.2) is 54.6 Å². The number of nitrogens with zero attached hydrogens (tertiary/aromatic N) is 2. The highest BCUT2D eigenvalue weighted by Crippen LogP contribution is 2.33. The van der Waals surface area contributed by atoms with E-state index in [-0.39, 0.29) is 5.91 Å². The van der Waals surface area contributed by atoms with Gasteiger partial charge in [0.15, 0.2) is 0 Å². The minimum Gasteiger partial charge on any atom is -0.377 e. The maximum absolute atomic E-state index is 13.0. The Morgan fingerprint density at radius 1 is 1.06 bits per heavy atom. The molecule has 1 fully saturated rings. The number of hydrogen-bond acceptors (Lipinski definition) is 4. The van der Waals surface area contributed by atoms with Crippen molar-refractivity contribution in [1.82, 2.24) is 10.3 Å². The second-order valence-corrected chi connectivity index (χ2v) is 9.68. The van der Waals surface area contributed by atoms with E-state index in [2.05, 4.69) is 50.3 Å². The van der Waals surface area contributed by atoms with Gasteiger partial charge in [0.05, 0.1) is 11.9 Å². The van der Waals surface area contributed by atoms with E-state index < -0.39 is 5.66 Å².